The van der Waals surface area contributed by atoms with Gasteiger partial charge in [0.15, 0.2) is 0 Å². The first-order valence-corrected chi connectivity index (χ1v) is 8.37. The van der Waals surface area contributed by atoms with E-state index in [1.54, 1.807) is 6.07 Å². The maximum atomic E-state index is 12.0. The summed E-state index contributed by atoms with van der Waals surface area (Å²) in [5, 5.41) is 8.94. The molecule has 0 spiro atoms. The van der Waals surface area contributed by atoms with Gasteiger partial charge in [-0.2, -0.15) is 5.10 Å². The molecule has 0 fully saturated rings. The highest BCUT2D eigenvalue weighted by Crippen LogP contribution is 2.21. The molecule has 2 aromatic rings. The van der Waals surface area contributed by atoms with Crippen LogP contribution in [0.2, 0.25) is 0 Å². The van der Waals surface area contributed by atoms with Crippen LogP contribution in [0.5, 0.6) is 0 Å². The number of benzene rings is 1. The zero-order chi connectivity index (χ0) is 16.2. The second-order valence-corrected chi connectivity index (χ2v) is 6.30. The van der Waals surface area contributed by atoms with Crippen molar-refractivity contribution < 1.29 is 9.59 Å². The number of rotatable bonds is 4. The Labute approximate surface area is 138 Å². The van der Waals surface area contributed by atoms with E-state index >= 15 is 0 Å². The van der Waals surface area contributed by atoms with Crippen LogP contribution in [0.25, 0.3) is 0 Å². The van der Waals surface area contributed by atoms with E-state index in [2.05, 4.69) is 22.8 Å². The molecule has 0 radical (unpaired) electrons. The number of carbonyl (C=O) groups is 2. The molecule has 2 heterocycles. The lowest BCUT2D eigenvalue weighted by molar-refractivity contribution is -0.122. The van der Waals surface area contributed by atoms with Crippen molar-refractivity contribution in [2.75, 3.05) is 5.32 Å². The van der Waals surface area contributed by atoms with E-state index in [0.29, 0.717) is 11.3 Å². The summed E-state index contributed by atoms with van der Waals surface area (Å²) in [4.78, 5) is 24.1. The monoisotopic (exact) mass is 327 g/mol. The van der Waals surface area contributed by atoms with E-state index in [0.717, 1.165) is 23.4 Å². The Kier molecular flexibility index (Phi) is 4.52. The lowest BCUT2D eigenvalue weighted by Crippen LogP contribution is -2.33. The SMILES string of the molecule is CCC1CC(=O)NN=C1c1ccc(NC(=O)c2cccs2)cc1. The Morgan fingerprint density at radius 3 is 2.78 bits per heavy atom. The summed E-state index contributed by atoms with van der Waals surface area (Å²) >= 11 is 1.41. The zero-order valence-corrected chi connectivity index (χ0v) is 13.5. The van der Waals surface area contributed by atoms with Crippen molar-refractivity contribution in [3.05, 3.63) is 52.2 Å². The van der Waals surface area contributed by atoms with E-state index in [9.17, 15) is 9.59 Å². The van der Waals surface area contributed by atoms with Crippen molar-refractivity contribution >= 4 is 34.6 Å². The van der Waals surface area contributed by atoms with Crippen molar-refractivity contribution in [2.45, 2.75) is 19.8 Å². The quantitative estimate of drug-likeness (QED) is 0.905. The van der Waals surface area contributed by atoms with Crippen LogP contribution in [0.4, 0.5) is 5.69 Å². The van der Waals surface area contributed by atoms with Gasteiger partial charge in [0.25, 0.3) is 5.91 Å². The van der Waals surface area contributed by atoms with Gasteiger partial charge in [-0.1, -0.05) is 25.1 Å². The first kappa shape index (κ1) is 15.4. The van der Waals surface area contributed by atoms with Crippen molar-refractivity contribution in [3.63, 3.8) is 0 Å². The fourth-order valence-corrected chi connectivity index (χ4v) is 3.16. The average molecular weight is 327 g/mol. The van der Waals surface area contributed by atoms with Gasteiger partial charge < -0.3 is 5.32 Å². The number of amides is 2. The highest BCUT2D eigenvalue weighted by Gasteiger charge is 2.23. The van der Waals surface area contributed by atoms with Gasteiger partial charge in [-0.15, -0.1) is 11.3 Å². The van der Waals surface area contributed by atoms with Crippen molar-refractivity contribution in [1.29, 1.82) is 0 Å². The summed E-state index contributed by atoms with van der Waals surface area (Å²) in [5.74, 6) is -0.0165. The minimum atomic E-state index is -0.110. The summed E-state index contributed by atoms with van der Waals surface area (Å²) in [7, 11) is 0. The molecule has 1 atom stereocenters. The molecule has 23 heavy (non-hydrogen) atoms. The van der Waals surface area contributed by atoms with Crippen LogP contribution in [0, 0.1) is 5.92 Å². The summed E-state index contributed by atoms with van der Waals surface area (Å²) < 4.78 is 0. The Morgan fingerprint density at radius 2 is 2.13 bits per heavy atom. The van der Waals surface area contributed by atoms with Crippen LogP contribution in [0.15, 0.2) is 46.9 Å². The van der Waals surface area contributed by atoms with Gasteiger partial charge in [0.05, 0.1) is 10.6 Å². The molecule has 0 aliphatic carbocycles. The van der Waals surface area contributed by atoms with Gasteiger partial charge in [-0.25, -0.2) is 5.43 Å². The van der Waals surface area contributed by atoms with Gasteiger partial charge in [0.2, 0.25) is 5.91 Å². The minimum absolute atomic E-state index is 0.0413. The van der Waals surface area contributed by atoms with E-state index in [-0.39, 0.29) is 17.7 Å². The van der Waals surface area contributed by atoms with E-state index in [4.69, 9.17) is 0 Å². The lowest BCUT2D eigenvalue weighted by atomic mass is 9.90. The van der Waals surface area contributed by atoms with Crippen molar-refractivity contribution in [1.82, 2.24) is 5.43 Å². The number of hydrazone groups is 1. The number of nitrogens with zero attached hydrogens (tertiary/aromatic N) is 1. The molecule has 0 saturated carbocycles. The first-order valence-electron chi connectivity index (χ1n) is 7.49. The number of anilines is 1. The van der Waals surface area contributed by atoms with Crippen LogP contribution in [0.3, 0.4) is 0 Å². The van der Waals surface area contributed by atoms with E-state index in [1.165, 1.54) is 11.3 Å². The summed E-state index contributed by atoms with van der Waals surface area (Å²) in [6.45, 7) is 2.05. The maximum Gasteiger partial charge on any atom is 0.265 e. The largest absolute Gasteiger partial charge is 0.321 e. The summed E-state index contributed by atoms with van der Waals surface area (Å²) in [5.41, 5.74) is 5.13. The third-order valence-corrected chi connectivity index (χ3v) is 4.66. The van der Waals surface area contributed by atoms with E-state index < -0.39 is 0 Å². The molecule has 3 rings (SSSR count). The fraction of sp³-hybridized carbons (Fsp3) is 0.235. The lowest BCUT2D eigenvalue weighted by Gasteiger charge is -2.21. The predicted octanol–water partition coefficient (Wildman–Crippen LogP) is 3.25. The second kappa shape index (κ2) is 6.75. The predicted molar refractivity (Wildman–Crippen MR) is 91.8 cm³/mol. The molecular formula is C17H17N3O2S. The van der Waals surface area contributed by atoms with Gasteiger partial charge in [-0.05, 0) is 35.6 Å². The molecule has 118 valence electrons. The van der Waals surface area contributed by atoms with Gasteiger partial charge in [-0.3, -0.25) is 9.59 Å². The minimum Gasteiger partial charge on any atom is -0.321 e. The van der Waals surface area contributed by atoms with Gasteiger partial charge in [0.1, 0.15) is 0 Å². The average Bonchev–Trinajstić information content (AvgIpc) is 3.10. The Morgan fingerprint density at radius 1 is 1.35 bits per heavy atom. The van der Waals surface area contributed by atoms with Gasteiger partial charge >= 0.3 is 0 Å². The number of carbonyl (C=O) groups excluding carboxylic acids is 2. The van der Waals surface area contributed by atoms with E-state index in [1.807, 2.05) is 35.7 Å². The summed E-state index contributed by atoms with van der Waals surface area (Å²) in [6.07, 6.45) is 1.33. The van der Waals surface area contributed by atoms with Crippen molar-refractivity contribution in [2.24, 2.45) is 11.0 Å². The number of hydrogen-bond acceptors (Lipinski definition) is 4. The zero-order valence-electron chi connectivity index (χ0n) is 12.7. The third kappa shape index (κ3) is 3.48. The Balaban J connectivity index is 1.74. The van der Waals surface area contributed by atoms with Crippen LogP contribution in [-0.2, 0) is 4.79 Å². The topological polar surface area (TPSA) is 70.6 Å². The fourth-order valence-electron chi connectivity index (χ4n) is 2.54. The molecule has 1 aliphatic heterocycles. The number of thiophene rings is 1. The standard InChI is InChI=1S/C17H17N3O2S/c1-2-11-10-15(21)19-20-16(11)12-5-7-13(8-6-12)18-17(22)14-4-3-9-23-14/h3-9,11H,2,10H2,1H3,(H,18,22)(H,19,21). The first-order chi connectivity index (χ1) is 11.2. The highest BCUT2D eigenvalue weighted by molar-refractivity contribution is 7.12. The molecule has 1 unspecified atom stereocenters. The molecule has 6 heteroatoms. The number of nitrogens with one attached hydrogen (secondary N) is 2. The van der Waals surface area contributed by atoms with Gasteiger partial charge in [0, 0.05) is 18.0 Å². The molecule has 1 aromatic carbocycles. The molecular weight excluding hydrogens is 310 g/mol. The number of hydrogen-bond donors (Lipinski definition) is 2. The second-order valence-electron chi connectivity index (χ2n) is 5.35. The Bertz CT molecular complexity index is 736. The molecule has 0 bridgehead atoms. The maximum absolute atomic E-state index is 12.0. The van der Waals surface area contributed by atoms with Crippen LogP contribution < -0.4 is 10.7 Å². The van der Waals surface area contributed by atoms with Crippen molar-refractivity contribution in [3.8, 4) is 0 Å². The molecule has 1 aliphatic rings. The smallest absolute Gasteiger partial charge is 0.265 e. The normalized spacial score (nSPS) is 17.3. The van der Waals surface area contributed by atoms with Crippen LogP contribution >= 0.6 is 11.3 Å². The molecule has 1 aromatic heterocycles. The van der Waals surface area contributed by atoms with Crippen LogP contribution in [-0.4, -0.2) is 17.5 Å². The molecule has 2 N–H and O–H groups in total. The highest BCUT2D eigenvalue weighted by atomic mass is 32.1. The third-order valence-electron chi connectivity index (χ3n) is 3.80. The van der Waals surface area contributed by atoms with Crippen LogP contribution in [0.1, 0.15) is 35.0 Å². The Hall–Kier alpha value is -2.47. The molecule has 2 amide bonds. The molecule has 0 saturated heterocycles. The summed E-state index contributed by atoms with van der Waals surface area (Å²) in [6, 6.07) is 11.2. The molecule has 5 nitrogen and oxygen atoms in total.